The quantitative estimate of drug-likeness (QED) is 0.758. The number of carbonyl (C=O) groups is 2. The van der Waals surface area contributed by atoms with Crippen LogP contribution in [0.25, 0.3) is 0 Å². The van der Waals surface area contributed by atoms with Crippen LogP contribution in [0.4, 0.5) is 9.59 Å². The van der Waals surface area contributed by atoms with Crippen molar-refractivity contribution >= 4 is 12.2 Å². The van der Waals surface area contributed by atoms with E-state index in [2.05, 4.69) is 5.32 Å². The van der Waals surface area contributed by atoms with Crippen LogP contribution in [0.5, 0.6) is 0 Å². The Kier molecular flexibility index (Phi) is 6.39. The van der Waals surface area contributed by atoms with Gasteiger partial charge >= 0.3 is 12.2 Å². The lowest BCUT2D eigenvalue weighted by Gasteiger charge is -2.51. The zero-order valence-electron chi connectivity index (χ0n) is 17.2. The molecule has 8 heteroatoms. The lowest BCUT2D eigenvalue weighted by molar-refractivity contribution is -0.0747. The summed E-state index contributed by atoms with van der Waals surface area (Å²) in [5.74, 6) is 0. The Morgan fingerprint density at radius 3 is 2.64 bits per heavy atom. The summed E-state index contributed by atoms with van der Waals surface area (Å²) in [4.78, 5) is 26.6. The summed E-state index contributed by atoms with van der Waals surface area (Å²) in [7, 11) is 0. The van der Waals surface area contributed by atoms with Crippen molar-refractivity contribution in [2.24, 2.45) is 0 Å². The number of piperidine rings is 1. The molecular weight excluding hydrogens is 364 g/mol. The minimum atomic E-state index is -0.592. The van der Waals surface area contributed by atoms with Crippen LogP contribution >= 0.6 is 0 Å². The first-order valence-electron chi connectivity index (χ1n) is 10.4. The molecule has 0 radical (unpaired) electrons. The Morgan fingerprint density at radius 2 is 2.00 bits per heavy atom. The average Bonchev–Trinajstić information content (AvgIpc) is 2.60. The standard InChI is InChI=1S/C20H34N2O6/c1-19(2,3)28-18(25)22-11-4-9-20(10-12-26-17(24)21-20)16(22)13-27-15-7-5-14(23)6-8-15/h14-16,23H,4-13H2,1-3H3,(H,21,24). The number of ether oxygens (including phenoxy) is 3. The van der Waals surface area contributed by atoms with Crippen molar-refractivity contribution in [1.82, 2.24) is 10.2 Å². The van der Waals surface area contributed by atoms with E-state index in [1.807, 2.05) is 20.8 Å². The highest BCUT2D eigenvalue weighted by Gasteiger charge is 2.50. The van der Waals surface area contributed by atoms with Gasteiger partial charge in [-0.15, -0.1) is 0 Å². The number of rotatable bonds is 3. The fourth-order valence-corrected chi connectivity index (χ4v) is 4.48. The number of hydrogen-bond acceptors (Lipinski definition) is 6. The van der Waals surface area contributed by atoms with Crippen LogP contribution in [0, 0.1) is 0 Å². The lowest BCUT2D eigenvalue weighted by Crippen LogP contribution is -2.70. The van der Waals surface area contributed by atoms with Crippen molar-refractivity contribution in [1.29, 1.82) is 0 Å². The Bertz CT molecular complexity index is 566. The SMILES string of the molecule is CC(C)(C)OC(=O)N1CCCC2(CCOC(=O)N2)C1COC1CCC(O)CC1. The predicted molar refractivity (Wildman–Crippen MR) is 102 cm³/mol. The monoisotopic (exact) mass is 398 g/mol. The molecule has 2 saturated heterocycles. The van der Waals surface area contributed by atoms with E-state index in [4.69, 9.17) is 14.2 Å². The molecule has 160 valence electrons. The number of amides is 2. The first-order chi connectivity index (χ1) is 13.2. The second-order valence-electron chi connectivity index (χ2n) is 9.22. The Morgan fingerprint density at radius 1 is 1.29 bits per heavy atom. The van der Waals surface area contributed by atoms with E-state index < -0.39 is 17.2 Å². The summed E-state index contributed by atoms with van der Waals surface area (Å²) in [6.07, 6.45) is 4.29. The molecule has 3 fully saturated rings. The Balaban J connectivity index is 1.75. The topological polar surface area (TPSA) is 97.3 Å². The molecule has 2 atom stereocenters. The Labute approximate surface area is 166 Å². The van der Waals surface area contributed by atoms with E-state index in [0.717, 1.165) is 38.5 Å². The third-order valence-electron chi connectivity index (χ3n) is 5.93. The summed E-state index contributed by atoms with van der Waals surface area (Å²) in [5, 5.41) is 12.7. The highest BCUT2D eigenvalue weighted by molar-refractivity contribution is 5.71. The van der Waals surface area contributed by atoms with Gasteiger partial charge in [-0.1, -0.05) is 0 Å². The molecular formula is C20H34N2O6. The van der Waals surface area contributed by atoms with Crippen LogP contribution in [0.1, 0.15) is 65.7 Å². The molecule has 28 heavy (non-hydrogen) atoms. The largest absolute Gasteiger partial charge is 0.449 e. The highest BCUT2D eigenvalue weighted by Crippen LogP contribution is 2.35. The molecule has 0 bridgehead atoms. The fourth-order valence-electron chi connectivity index (χ4n) is 4.48. The number of nitrogens with zero attached hydrogens (tertiary/aromatic N) is 1. The van der Waals surface area contributed by atoms with Crippen LogP contribution in [-0.2, 0) is 14.2 Å². The molecule has 0 aromatic heterocycles. The third kappa shape index (κ3) is 5.08. The number of aliphatic hydroxyl groups excluding tert-OH is 1. The number of nitrogens with one attached hydrogen (secondary N) is 1. The van der Waals surface area contributed by atoms with Crippen molar-refractivity contribution in [3.63, 3.8) is 0 Å². The maximum Gasteiger partial charge on any atom is 0.410 e. The van der Waals surface area contributed by atoms with E-state index in [0.29, 0.717) is 26.2 Å². The smallest absolute Gasteiger partial charge is 0.410 e. The molecule has 2 aliphatic heterocycles. The van der Waals surface area contributed by atoms with Gasteiger partial charge in [-0.05, 0) is 59.3 Å². The maximum atomic E-state index is 12.9. The second-order valence-corrected chi connectivity index (χ2v) is 9.22. The van der Waals surface area contributed by atoms with E-state index in [1.165, 1.54) is 0 Å². The lowest BCUT2D eigenvalue weighted by atomic mass is 9.78. The number of aliphatic hydroxyl groups is 1. The summed E-state index contributed by atoms with van der Waals surface area (Å²) in [5.41, 5.74) is -1.15. The van der Waals surface area contributed by atoms with Crippen molar-refractivity contribution < 1.29 is 28.9 Å². The van der Waals surface area contributed by atoms with E-state index in [9.17, 15) is 14.7 Å². The van der Waals surface area contributed by atoms with Crippen molar-refractivity contribution in [3.8, 4) is 0 Å². The molecule has 0 aromatic carbocycles. The average molecular weight is 399 g/mol. The van der Waals surface area contributed by atoms with Crippen LogP contribution in [-0.4, -0.2) is 71.3 Å². The summed E-state index contributed by atoms with van der Waals surface area (Å²) in [6.45, 7) is 6.78. The molecule has 0 aromatic rings. The van der Waals surface area contributed by atoms with E-state index in [-0.39, 0.29) is 24.3 Å². The molecule has 2 heterocycles. The Hall–Kier alpha value is -1.54. The van der Waals surface area contributed by atoms with Crippen molar-refractivity contribution in [2.75, 3.05) is 19.8 Å². The third-order valence-corrected chi connectivity index (χ3v) is 5.93. The summed E-state index contributed by atoms with van der Waals surface area (Å²) >= 11 is 0. The van der Waals surface area contributed by atoms with Gasteiger partial charge in [-0.2, -0.15) is 0 Å². The van der Waals surface area contributed by atoms with Gasteiger partial charge in [-0.3, -0.25) is 0 Å². The van der Waals surface area contributed by atoms with Gasteiger partial charge in [0, 0.05) is 13.0 Å². The highest BCUT2D eigenvalue weighted by atomic mass is 16.6. The first kappa shape index (κ1) is 21.2. The number of likely N-dealkylation sites (tertiary alicyclic amines) is 1. The fraction of sp³-hybridized carbons (Fsp3) is 0.900. The van der Waals surface area contributed by atoms with Gasteiger partial charge in [0.25, 0.3) is 0 Å². The van der Waals surface area contributed by atoms with Crippen LogP contribution in [0.3, 0.4) is 0 Å². The van der Waals surface area contributed by atoms with Crippen LogP contribution < -0.4 is 5.32 Å². The minimum absolute atomic E-state index is 0.0680. The zero-order valence-corrected chi connectivity index (χ0v) is 17.2. The maximum absolute atomic E-state index is 12.9. The predicted octanol–water partition coefficient (Wildman–Crippen LogP) is 2.57. The van der Waals surface area contributed by atoms with Gasteiger partial charge in [0.15, 0.2) is 0 Å². The molecule has 3 aliphatic rings. The molecule has 2 amide bonds. The normalized spacial score (nSPS) is 33.9. The van der Waals surface area contributed by atoms with Gasteiger partial charge < -0.3 is 29.5 Å². The second kappa shape index (κ2) is 8.45. The summed E-state index contributed by atoms with van der Waals surface area (Å²) < 4.78 is 16.9. The van der Waals surface area contributed by atoms with Crippen LogP contribution in [0.15, 0.2) is 0 Å². The zero-order chi connectivity index (χ0) is 20.4. The summed E-state index contributed by atoms with van der Waals surface area (Å²) in [6, 6.07) is -0.309. The van der Waals surface area contributed by atoms with E-state index in [1.54, 1.807) is 4.90 Å². The molecule has 2 unspecified atom stereocenters. The molecule has 8 nitrogen and oxygen atoms in total. The van der Waals surface area contributed by atoms with Crippen molar-refractivity contribution in [3.05, 3.63) is 0 Å². The number of cyclic esters (lactones) is 1. The molecule has 2 N–H and O–H groups in total. The number of alkyl carbamates (subject to hydrolysis) is 1. The molecule has 1 saturated carbocycles. The van der Waals surface area contributed by atoms with Crippen LogP contribution in [0.2, 0.25) is 0 Å². The van der Waals surface area contributed by atoms with Gasteiger partial charge in [-0.25, -0.2) is 9.59 Å². The van der Waals surface area contributed by atoms with Gasteiger partial charge in [0.05, 0.1) is 37.0 Å². The minimum Gasteiger partial charge on any atom is -0.449 e. The van der Waals surface area contributed by atoms with Gasteiger partial charge in [0.2, 0.25) is 0 Å². The number of hydrogen-bond donors (Lipinski definition) is 2. The van der Waals surface area contributed by atoms with Gasteiger partial charge in [0.1, 0.15) is 5.60 Å². The van der Waals surface area contributed by atoms with E-state index >= 15 is 0 Å². The molecule has 1 spiro atoms. The van der Waals surface area contributed by atoms with Crippen molar-refractivity contribution in [2.45, 2.75) is 95.1 Å². The first-order valence-corrected chi connectivity index (χ1v) is 10.4. The number of carbonyl (C=O) groups excluding carboxylic acids is 2. The molecule has 1 aliphatic carbocycles. The molecule has 3 rings (SSSR count).